The molecule has 0 bridgehead atoms. The van der Waals surface area contributed by atoms with Crippen molar-refractivity contribution in [3.63, 3.8) is 0 Å². The maximum Gasteiger partial charge on any atom is 0.316 e. The minimum Gasteiger partial charge on any atom is -0.465 e. The van der Waals surface area contributed by atoms with Crippen molar-refractivity contribution in [1.29, 1.82) is 0 Å². The molecule has 0 rings (SSSR count). The molecular formula is C13H22O3. The fraction of sp³-hybridized carbons (Fsp3) is 0.692. The van der Waals surface area contributed by atoms with E-state index >= 15 is 0 Å². The Hall–Kier alpha value is -1.12. The maximum absolute atomic E-state index is 11.6. The third-order valence-electron chi connectivity index (χ3n) is 2.32. The van der Waals surface area contributed by atoms with E-state index in [1.807, 2.05) is 0 Å². The van der Waals surface area contributed by atoms with E-state index in [2.05, 4.69) is 19.1 Å². The molecular weight excluding hydrogens is 204 g/mol. The van der Waals surface area contributed by atoms with Crippen LogP contribution < -0.4 is 0 Å². The van der Waals surface area contributed by atoms with Crippen LogP contribution in [0.1, 0.15) is 46.5 Å². The third kappa shape index (κ3) is 6.38. The number of unbranched alkanes of at least 4 members (excludes halogenated alkanes) is 1. The van der Waals surface area contributed by atoms with Gasteiger partial charge in [0.05, 0.1) is 6.61 Å². The summed E-state index contributed by atoms with van der Waals surface area (Å²) < 4.78 is 4.80. The van der Waals surface area contributed by atoms with E-state index in [0.717, 1.165) is 19.3 Å². The number of allylic oxidation sites excluding steroid dienone is 2. The van der Waals surface area contributed by atoms with Crippen molar-refractivity contribution >= 4 is 11.8 Å². The smallest absolute Gasteiger partial charge is 0.316 e. The van der Waals surface area contributed by atoms with Crippen LogP contribution in [0.4, 0.5) is 0 Å². The highest BCUT2D eigenvalue weighted by molar-refractivity contribution is 5.98. The van der Waals surface area contributed by atoms with Gasteiger partial charge in [-0.3, -0.25) is 9.59 Å². The van der Waals surface area contributed by atoms with Gasteiger partial charge >= 0.3 is 5.97 Å². The summed E-state index contributed by atoms with van der Waals surface area (Å²) >= 11 is 0. The SMILES string of the molecule is CC/C=C/CCCC(=O)C(C)C(=O)OCC. The number of hydrogen-bond donors (Lipinski definition) is 0. The number of Topliss-reactive ketones (excluding diaryl/α,β-unsaturated/α-hetero) is 1. The largest absolute Gasteiger partial charge is 0.465 e. The molecule has 0 aliphatic heterocycles. The molecule has 0 radical (unpaired) electrons. The summed E-state index contributed by atoms with van der Waals surface area (Å²) in [4.78, 5) is 22.8. The lowest BCUT2D eigenvalue weighted by atomic mass is 10.0. The first-order valence-corrected chi connectivity index (χ1v) is 5.97. The van der Waals surface area contributed by atoms with Crippen LogP contribution in [-0.2, 0) is 14.3 Å². The van der Waals surface area contributed by atoms with E-state index in [1.54, 1.807) is 13.8 Å². The van der Waals surface area contributed by atoms with Gasteiger partial charge in [0.25, 0.3) is 0 Å². The standard InChI is InChI=1S/C13H22O3/c1-4-6-7-8-9-10-12(14)11(3)13(15)16-5-2/h6-7,11H,4-5,8-10H2,1-3H3/b7-6+. The molecule has 0 saturated heterocycles. The molecule has 0 heterocycles. The normalized spacial score (nSPS) is 12.7. The molecule has 1 atom stereocenters. The van der Waals surface area contributed by atoms with Crippen LogP contribution in [0.3, 0.4) is 0 Å². The highest BCUT2D eigenvalue weighted by Crippen LogP contribution is 2.07. The second-order valence-corrected chi connectivity index (χ2v) is 3.71. The summed E-state index contributed by atoms with van der Waals surface area (Å²) in [6.45, 7) is 5.76. The lowest BCUT2D eigenvalue weighted by Crippen LogP contribution is -2.23. The summed E-state index contributed by atoms with van der Waals surface area (Å²) in [5.41, 5.74) is 0. The Labute approximate surface area is 97.9 Å². The van der Waals surface area contributed by atoms with Crippen LogP contribution in [0.15, 0.2) is 12.2 Å². The molecule has 92 valence electrons. The first kappa shape index (κ1) is 14.9. The van der Waals surface area contributed by atoms with E-state index in [1.165, 1.54) is 0 Å². The van der Waals surface area contributed by atoms with Crippen molar-refractivity contribution in [3.05, 3.63) is 12.2 Å². The molecule has 0 aromatic carbocycles. The van der Waals surface area contributed by atoms with Crippen LogP contribution in [0.2, 0.25) is 0 Å². The number of carbonyl (C=O) groups is 2. The molecule has 0 aromatic heterocycles. The summed E-state index contributed by atoms with van der Waals surface area (Å²) in [6.07, 6.45) is 7.33. The lowest BCUT2D eigenvalue weighted by Gasteiger charge is -2.08. The third-order valence-corrected chi connectivity index (χ3v) is 2.32. The predicted molar refractivity (Wildman–Crippen MR) is 64.1 cm³/mol. The first-order chi connectivity index (χ1) is 7.63. The molecule has 3 heteroatoms. The molecule has 0 amide bonds. The second kappa shape index (κ2) is 9.13. The van der Waals surface area contributed by atoms with Crippen molar-refractivity contribution < 1.29 is 14.3 Å². The van der Waals surface area contributed by atoms with Gasteiger partial charge < -0.3 is 4.74 Å². The van der Waals surface area contributed by atoms with Crippen molar-refractivity contribution in [2.24, 2.45) is 5.92 Å². The predicted octanol–water partition coefficient (Wildman–Crippen LogP) is 2.89. The first-order valence-electron chi connectivity index (χ1n) is 5.97. The van der Waals surface area contributed by atoms with Gasteiger partial charge in [-0.2, -0.15) is 0 Å². The topological polar surface area (TPSA) is 43.4 Å². The maximum atomic E-state index is 11.6. The molecule has 0 fully saturated rings. The summed E-state index contributed by atoms with van der Waals surface area (Å²) in [5, 5.41) is 0. The van der Waals surface area contributed by atoms with Gasteiger partial charge in [0.2, 0.25) is 0 Å². The van der Waals surface area contributed by atoms with Crippen LogP contribution in [0.5, 0.6) is 0 Å². The van der Waals surface area contributed by atoms with Gasteiger partial charge in [-0.1, -0.05) is 19.1 Å². The Morgan fingerprint density at radius 3 is 2.50 bits per heavy atom. The monoisotopic (exact) mass is 226 g/mol. The Morgan fingerprint density at radius 2 is 1.94 bits per heavy atom. The quantitative estimate of drug-likeness (QED) is 0.276. The number of esters is 1. The zero-order chi connectivity index (χ0) is 12.4. The van der Waals surface area contributed by atoms with Crippen LogP contribution >= 0.6 is 0 Å². The molecule has 0 spiro atoms. The Bertz CT molecular complexity index is 244. The summed E-state index contributed by atoms with van der Waals surface area (Å²) in [5.74, 6) is -1.05. The fourth-order valence-electron chi connectivity index (χ4n) is 1.29. The van der Waals surface area contributed by atoms with Gasteiger partial charge in [0, 0.05) is 6.42 Å². The van der Waals surface area contributed by atoms with Crippen molar-refractivity contribution in [3.8, 4) is 0 Å². The van der Waals surface area contributed by atoms with Crippen molar-refractivity contribution in [2.45, 2.75) is 46.5 Å². The number of carbonyl (C=O) groups excluding carboxylic acids is 2. The molecule has 1 unspecified atom stereocenters. The van der Waals surface area contributed by atoms with Gasteiger partial charge in [-0.15, -0.1) is 0 Å². The molecule has 0 aromatic rings. The van der Waals surface area contributed by atoms with E-state index < -0.39 is 11.9 Å². The molecule has 0 saturated carbocycles. The van der Waals surface area contributed by atoms with Crippen molar-refractivity contribution in [2.75, 3.05) is 6.61 Å². The van der Waals surface area contributed by atoms with E-state index in [0.29, 0.717) is 13.0 Å². The minimum atomic E-state index is -0.616. The molecule has 0 aliphatic rings. The average Bonchev–Trinajstić information content (AvgIpc) is 2.27. The summed E-state index contributed by atoms with van der Waals surface area (Å²) in [7, 11) is 0. The molecule has 0 aliphatic carbocycles. The Morgan fingerprint density at radius 1 is 1.25 bits per heavy atom. The zero-order valence-electron chi connectivity index (χ0n) is 10.5. The lowest BCUT2D eigenvalue weighted by molar-refractivity contribution is -0.150. The van der Waals surface area contributed by atoms with Gasteiger partial charge in [-0.05, 0) is 33.1 Å². The molecule has 16 heavy (non-hydrogen) atoms. The van der Waals surface area contributed by atoms with Crippen molar-refractivity contribution in [1.82, 2.24) is 0 Å². The van der Waals surface area contributed by atoms with E-state index in [4.69, 9.17) is 4.74 Å². The van der Waals surface area contributed by atoms with Crippen LogP contribution in [-0.4, -0.2) is 18.4 Å². The van der Waals surface area contributed by atoms with Gasteiger partial charge in [-0.25, -0.2) is 0 Å². The Balaban J connectivity index is 3.79. The minimum absolute atomic E-state index is 0.0247. The van der Waals surface area contributed by atoms with Gasteiger partial charge in [0.15, 0.2) is 0 Å². The summed E-state index contributed by atoms with van der Waals surface area (Å²) in [6, 6.07) is 0. The number of hydrogen-bond acceptors (Lipinski definition) is 3. The second-order valence-electron chi connectivity index (χ2n) is 3.71. The number of ketones is 1. The van der Waals surface area contributed by atoms with Gasteiger partial charge in [0.1, 0.15) is 11.7 Å². The van der Waals surface area contributed by atoms with E-state index in [-0.39, 0.29) is 5.78 Å². The zero-order valence-corrected chi connectivity index (χ0v) is 10.5. The fourth-order valence-corrected chi connectivity index (χ4v) is 1.29. The van der Waals surface area contributed by atoms with Crippen LogP contribution in [0.25, 0.3) is 0 Å². The average molecular weight is 226 g/mol. The van der Waals surface area contributed by atoms with Crippen LogP contribution in [0, 0.1) is 5.92 Å². The highest BCUT2D eigenvalue weighted by atomic mass is 16.5. The number of ether oxygens (including phenoxy) is 1. The highest BCUT2D eigenvalue weighted by Gasteiger charge is 2.21. The number of rotatable bonds is 8. The molecule has 0 N–H and O–H groups in total. The Kier molecular flexibility index (Phi) is 8.49. The van der Waals surface area contributed by atoms with E-state index in [9.17, 15) is 9.59 Å². The molecule has 3 nitrogen and oxygen atoms in total.